The molecule has 1 aliphatic heterocycles. The molecule has 3 atom stereocenters. The minimum Gasteiger partial charge on any atom is -0.394 e. The summed E-state index contributed by atoms with van der Waals surface area (Å²) in [6.45, 7) is 0.1000. The second-order valence-corrected chi connectivity index (χ2v) is 3.64. The van der Waals surface area contributed by atoms with Crippen molar-refractivity contribution in [2.75, 3.05) is 19.7 Å². The molecule has 1 aliphatic rings. The van der Waals surface area contributed by atoms with Gasteiger partial charge in [0.2, 0.25) is 5.91 Å². The predicted octanol–water partition coefficient (Wildman–Crippen LogP) is -2.04. The van der Waals surface area contributed by atoms with Crippen LogP contribution in [0.5, 0.6) is 0 Å². The van der Waals surface area contributed by atoms with Gasteiger partial charge in [0, 0.05) is 13.1 Å². The Hall–Kier alpha value is -0.690. The molecule has 6 nitrogen and oxygen atoms in total. The van der Waals surface area contributed by atoms with Crippen LogP contribution in [0.25, 0.3) is 0 Å². The number of carbonyl (C=O) groups is 1. The van der Waals surface area contributed by atoms with Crippen LogP contribution >= 0.6 is 0 Å². The highest BCUT2D eigenvalue weighted by atomic mass is 16.5. The molecule has 88 valence electrons. The molecule has 6 heteroatoms. The number of aliphatic hydroxyl groups is 2. The van der Waals surface area contributed by atoms with Gasteiger partial charge in [-0.3, -0.25) is 4.79 Å². The molecule has 0 radical (unpaired) electrons. The Balaban J connectivity index is 2.23. The van der Waals surface area contributed by atoms with E-state index in [0.29, 0.717) is 13.0 Å². The lowest BCUT2D eigenvalue weighted by Gasteiger charge is -2.14. The molecular formula is C9H18N2O4. The van der Waals surface area contributed by atoms with Crippen molar-refractivity contribution in [2.45, 2.75) is 31.2 Å². The van der Waals surface area contributed by atoms with Gasteiger partial charge in [0.1, 0.15) is 6.10 Å². The summed E-state index contributed by atoms with van der Waals surface area (Å²) in [6, 6.07) is 0. The van der Waals surface area contributed by atoms with E-state index in [1.165, 1.54) is 0 Å². The number of amides is 1. The van der Waals surface area contributed by atoms with E-state index < -0.39 is 12.2 Å². The molecule has 3 unspecified atom stereocenters. The molecule has 15 heavy (non-hydrogen) atoms. The molecule has 5 N–H and O–H groups in total. The lowest BCUT2D eigenvalue weighted by molar-refractivity contribution is -0.132. The van der Waals surface area contributed by atoms with Crippen LogP contribution in [-0.4, -0.2) is 54.1 Å². The van der Waals surface area contributed by atoms with E-state index in [4.69, 9.17) is 20.7 Å². The van der Waals surface area contributed by atoms with Crippen molar-refractivity contribution >= 4 is 5.91 Å². The van der Waals surface area contributed by atoms with Gasteiger partial charge in [-0.2, -0.15) is 0 Å². The van der Waals surface area contributed by atoms with E-state index in [0.717, 1.165) is 6.42 Å². The van der Waals surface area contributed by atoms with Crippen LogP contribution < -0.4 is 11.1 Å². The average molecular weight is 218 g/mol. The molecule has 0 bridgehead atoms. The summed E-state index contributed by atoms with van der Waals surface area (Å²) in [6.07, 6.45) is 0.0219. The largest absolute Gasteiger partial charge is 0.394 e. The second kappa shape index (κ2) is 6.02. The first kappa shape index (κ1) is 12.4. The maximum absolute atomic E-state index is 11.5. The van der Waals surface area contributed by atoms with Crippen LogP contribution in [0, 0.1) is 0 Å². The topological polar surface area (TPSA) is 105 Å². The van der Waals surface area contributed by atoms with Gasteiger partial charge < -0.3 is 26.0 Å². The Labute approximate surface area is 88.4 Å². The molecule has 1 saturated heterocycles. The first-order valence-electron chi connectivity index (χ1n) is 5.09. The van der Waals surface area contributed by atoms with Gasteiger partial charge in [0.05, 0.1) is 18.8 Å². The Morgan fingerprint density at radius 1 is 1.60 bits per heavy atom. The third-order valence-corrected chi connectivity index (χ3v) is 2.39. The third-order valence-electron chi connectivity index (χ3n) is 2.39. The third kappa shape index (κ3) is 3.75. The van der Waals surface area contributed by atoms with Crippen LogP contribution in [0.15, 0.2) is 0 Å². The fraction of sp³-hybridized carbons (Fsp3) is 0.889. The van der Waals surface area contributed by atoms with Gasteiger partial charge in [-0.05, 0) is 12.8 Å². The minimum absolute atomic E-state index is 0.0384. The van der Waals surface area contributed by atoms with E-state index in [1.54, 1.807) is 0 Å². The van der Waals surface area contributed by atoms with Crippen molar-refractivity contribution in [2.24, 2.45) is 5.73 Å². The monoisotopic (exact) mass is 218 g/mol. The van der Waals surface area contributed by atoms with Gasteiger partial charge in [-0.15, -0.1) is 0 Å². The standard InChI is InChI=1S/C9H18N2O4/c10-3-7-1-2-8(15-7)9(14)11-4-6(13)5-12/h6-8,12-13H,1-5,10H2,(H,11,14). The van der Waals surface area contributed by atoms with E-state index in [1.807, 2.05) is 0 Å². The highest BCUT2D eigenvalue weighted by Crippen LogP contribution is 2.18. The zero-order valence-corrected chi connectivity index (χ0v) is 8.56. The summed E-state index contributed by atoms with van der Waals surface area (Å²) >= 11 is 0. The lowest BCUT2D eigenvalue weighted by atomic mass is 10.2. The number of nitrogens with two attached hydrogens (primary N) is 1. The van der Waals surface area contributed by atoms with Gasteiger partial charge >= 0.3 is 0 Å². The number of nitrogens with one attached hydrogen (secondary N) is 1. The molecule has 1 amide bonds. The highest BCUT2D eigenvalue weighted by Gasteiger charge is 2.29. The number of hydrogen-bond donors (Lipinski definition) is 4. The quantitative estimate of drug-likeness (QED) is 0.425. The average Bonchev–Trinajstić information content (AvgIpc) is 2.73. The molecule has 1 fully saturated rings. The van der Waals surface area contributed by atoms with Crippen molar-refractivity contribution in [1.29, 1.82) is 0 Å². The Bertz CT molecular complexity index is 212. The van der Waals surface area contributed by atoms with Gasteiger partial charge in [-0.25, -0.2) is 0 Å². The van der Waals surface area contributed by atoms with E-state index in [9.17, 15) is 4.79 Å². The summed E-state index contributed by atoms with van der Waals surface area (Å²) in [5.74, 6) is -0.251. The van der Waals surface area contributed by atoms with Crippen molar-refractivity contribution in [3.05, 3.63) is 0 Å². The fourth-order valence-electron chi connectivity index (χ4n) is 1.47. The molecule has 0 saturated carbocycles. The lowest BCUT2D eigenvalue weighted by Crippen LogP contribution is -2.40. The maximum atomic E-state index is 11.5. The Morgan fingerprint density at radius 3 is 2.87 bits per heavy atom. The molecule has 0 aromatic carbocycles. The zero-order chi connectivity index (χ0) is 11.3. The number of rotatable bonds is 5. The normalized spacial score (nSPS) is 27.7. The Kier molecular flexibility index (Phi) is 4.97. The summed E-state index contributed by atoms with van der Waals surface area (Å²) in [5, 5.41) is 20.1. The predicted molar refractivity (Wildman–Crippen MR) is 53.1 cm³/mol. The van der Waals surface area contributed by atoms with Crippen molar-refractivity contribution < 1.29 is 19.7 Å². The summed E-state index contributed by atoms with van der Waals surface area (Å²) < 4.78 is 5.36. The molecule has 0 spiro atoms. The first-order chi connectivity index (χ1) is 7.17. The Morgan fingerprint density at radius 2 is 2.33 bits per heavy atom. The van der Waals surface area contributed by atoms with Gasteiger partial charge in [0.15, 0.2) is 0 Å². The summed E-state index contributed by atoms with van der Waals surface area (Å²) in [7, 11) is 0. The van der Waals surface area contributed by atoms with Crippen LogP contribution in [0.2, 0.25) is 0 Å². The van der Waals surface area contributed by atoms with E-state index >= 15 is 0 Å². The SMILES string of the molecule is NCC1CCC(C(=O)NCC(O)CO)O1. The molecule has 1 heterocycles. The smallest absolute Gasteiger partial charge is 0.249 e. The van der Waals surface area contributed by atoms with Crippen molar-refractivity contribution in [3.8, 4) is 0 Å². The van der Waals surface area contributed by atoms with Gasteiger partial charge in [0.25, 0.3) is 0 Å². The maximum Gasteiger partial charge on any atom is 0.249 e. The molecule has 0 aliphatic carbocycles. The van der Waals surface area contributed by atoms with Crippen molar-refractivity contribution in [1.82, 2.24) is 5.32 Å². The molecule has 0 aromatic rings. The first-order valence-corrected chi connectivity index (χ1v) is 5.09. The zero-order valence-electron chi connectivity index (χ0n) is 8.56. The van der Waals surface area contributed by atoms with E-state index in [-0.39, 0.29) is 25.2 Å². The molecule has 1 rings (SSSR count). The second-order valence-electron chi connectivity index (χ2n) is 3.64. The van der Waals surface area contributed by atoms with Crippen LogP contribution in [0.1, 0.15) is 12.8 Å². The minimum atomic E-state index is -0.916. The number of aliphatic hydroxyl groups excluding tert-OH is 2. The van der Waals surface area contributed by atoms with Crippen molar-refractivity contribution in [3.63, 3.8) is 0 Å². The van der Waals surface area contributed by atoms with E-state index in [2.05, 4.69) is 5.32 Å². The summed E-state index contributed by atoms with van der Waals surface area (Å²) in [5.41, 5.74) is 5.41. The molecular weight excluding hydrogens is 200 g/mol. The van der Waals surface area contributed by atoms with Crippen LogP contribution in [0.3, 0.4) is 0 Å². The number of hydrogen-bond acceptors (Lipinski definition) is 5. The number of ether oxygens (including phenoxy) is 1. The van der Waals surface area contributed by atoms with Gasteiger partial charge in [-0.1, -0.05) is 0 Å². The van der Waals surface area contributed by atoms with Crippen LogP contribution in [0.4, 0.5) is 0 Å². The molecule has 0 aromatic heterocycles. The highest BCUT2D eigenvalue weighted by molar-refractivity contribution is 5.81. The van der Waals surface area contributed by atoms with Crippen LogP contribution in [-0.2, 0) is 9.53 Å². The fourth-order valence-corrected chi connectivity index (χ4v) is 1.47. The summed E-state index contributed by atoms with van der Waals surface area (Å²) in [4.78, 5) is 11.5. The number of carbonyl (C=O) groups excluding carboxylic acids is 1.